The molecule has 0 unspecified atom stereocenters. The Morgan fingerprint density at radius 2 is 2.11 bits per heavy atom. The van der Waals surface area contributed by atoms with Crippen molar-refractivity contribution in [1.82, 2.24) is 10.5 Å². The van der Waals surface area contributed by atoms with E-state index < -0.39 is 0 Å². The van der Waals surface area contributed by atoms with Gasteiger partial charge in [-0.2, -0.15) is 0 Å². The molecule has 102 valence electrons. The van der Waals surface area contributed by atoms with Crippen LogP contribution in [0, 0.1) is 13.8 Å². The summed E-state index contributed by atoms with van der Waals surface area (Å²) in [6.45, 7) is 6.35. The van der Waals surface area contributed by atoms with Crippen LogP contribution in [0.4, 0.5) is 0 Å². The van der Waals surface area contributed by atoms with Gasteiger partial charge in [-0.3, -0.25) is 0 Å². The molecule has 0 spiro atoms. The van der Waals surface area contributed by atoms with Gasteiger partial charge in [0.2, 0.25) is 0 Å². The van der Waals surface area contributed by atoms with Gasteiger partial charge in [0.15, 0.2) is 5.76 Å². The molecular formula is C15H20N2O2. The van der Waals surface area contributed by atoms with Crippen molar-refractivity contribution in [2.45, 2.75) is 20.4 Å². The lowest BCUT2D eigenvalue weighted by atomic mass is 10.0. The molecule has 0 saturated heterocycles. The number of ether oxygens (including phenoxy) is 1. The van der Waals surface area contributed by atoms with Crippen LogP contribution >= 0.6 is 0 Å². The number of aromatic nitrogens is 1. The van der Waals surface area contributed by atoms with Crippen molar-refractivity contribution in [1.29, 1.82) is 0 Å². The minimum atomic E-state index is 0.692. The Morgan fingerprint density at radius 1 is 1.26 bits per heavy atom. The Kier molecular flexibility index (Phi) is 4.71. The lowest BCUT2D eigenvalue weighted by Crippen LogP contribution is -2.18. The largest absolute Gasteiger partial charge is 0.383 e. The molecule has 0 amide bonds. The minimum absolute atomic E-state index is 0.692. The first-order valence-electron chi connectivity index (χ1n) is 6.43. The van der Waals surface area contributed by atoms with Crippen LogP contribution in [0.25, 0.3) is 11.3 Å². The molecule has 1 aromatic heterocycles. The van der Waals surface area contributed by atoms with E-state index in [1.165, 1.54) is 11.1 Å². The van der Waals surface area contributed by atoms with E-state index in [2.05, 4.69) is 42.5 Å². The molecule has 0 atom stereocenters. The molecule has 2 rings (SSSR count). The summed E-state index contributed by atoms with van der Waals surface area (Å²) in [5.74, 6) is 0.824. The van der Waals surface area contributed by atoms with Gasteiger partial charge in [0.05, 0.1) is 12.3 Å². The van der Waals surface area contributed by atoms with E-state index in [0.717, 1.165) is 23.6 Å². The van der Waals surface area contributed by atoms with Gasteiger partial charge in [-0.25, -0.2) is 0 Å². The summed E-state index contributed by atoms with van der Waals surface area (Å²) in [7, 11) is 1.69. The zero-order valence-corrected chi connectivity index (χ0v) is 11.7. The Labute approximate surface area is 113 Å². The standard InChI is InChI=1S/C15H20N2O2/c1-11-4-5-12(2)14(8-11)15-9-13(17-19-15)10-16-6-7-18-3/h4-5,8-9,16H,6-7,10H2,1-3H3. The van der Waals surface area contributed by atoms with Crippen LogP contribution in [0.3, 0.4) is 0 Å². The second kappa shape index (κ2) is 6.50. The van der Waals surface area contributed by atoms with Crippen LogP contribution in [0.5, 0.6) is 0 Å². The maximum Gasteiger partial charge on any atom is 0.167 e. The van der Waals surface area contributed by atoms with Gasteiger partial charge < -0.3 is 14.6 Å². The number of benzene rings is 1. The number of hydrogen-bond acceptors (Lipinski definition) is 4. The number of hydrogen-bond donors (Lipinski definition) is 1. The second-order valence-corrected chi connectivity index (χ2v) is 4.67. The van der Waals surface area contributed by atoms with E-state index >= 15 is 0 Å². The maximum absolute atomic E-state index is 5.42. The smallest absolute Gasteiger partial charge is 0.167 e. The molecule has 2 aromatic rings. The maximum atomic E-state index is 5.42. The van der Waals surface area contributed by atoms with Crippen molar-refractivity contribution >= 4 is 0 Å². The predicted octanol–water partition coefficient (Wildman–Crippen LogP) is 2.69. The van der Waals surface area contributed by atoms with E-state index in [0.29, 0.717) is 13.2 Å². The number of aryl methyl sites for hydroxylation is 2. The topological polar surface area (TPSA) is 47.3 Å². The lowest BCUT2D eigenvalue weighted by molar-refractivity contribution is 0.199. The molecule has 1 aromatic carbocycles. The molecule has 0 aliphatic heterocycles. The first-order valence-corrected chi connectivity index (χ1v) is 6.43. The number of nitrogens with zero attached hydrogens (tertiary/aromatic N) is 1. The highest BCUT2D eigenvalue weighted by molar-refractivity contribution is 5.62. The number of methoxy groups -OCH3 is 1. The summed E-state index contributed by atoms with van der Waals surface area (Å²) >= 11 is 0. The fraction of sp³-hybridized carbons (Fsp3) is 0.400. The summed E-state index contributed by atoms with van der Waals surface area (Å²) in [6.07, 6.45) is 0. The van der Waals surface area contributed by atoms with Crippen molar-refractivity contribution in [3.8, 4) is 11.3 Å². The SMILES string of the molecule is COCCNCc1cc(-c2cc(C)ccc2C)on1. The van der Waals surface area contributed by atoms with E-state index in [9.17, 15) is 0 Å². The van der Waals surface area contributed by atoms with Crippen molar-refractivity contribution < 1.29 is 9.26 Å². The van der Waals surface area contributed by atoms with Gasteiger partial charge >= 0.3 is 0 Å². The van der Waals surface area contributed by atoms with E-state index in [1.807, 2.05) is 6.07 Å². The van der Waals surface area contributed by atoms with Crippen LogP contribution in [-0.4, -0.2) is 25.4 Å². The zero-order valence-electron chi connectivity index (χ0n) is 11.7. The van der Waals surface area contributed by atoms with E-state index in [4.69, 9.17) is 9.26 Å². The first kappa shape index (κ1) is 13.8. The van der Waals surface area contributed by atoms with Crippen LogP contribution in [0.2, 0.25) is 0 Å². The van der Waals surface area contributed by atoms with Crippen molar-refractivity contribution in [3.63, 3.8) is 0 Å². The number of rotatable bonds is 6. The average molecular weight is 260 g/mol. The summed E-state index contributed by atoms with van der Waals surface area (Å²) < 4.78 is 10.4. The van der Waals surface area contributed by atoms with Crippen molar-refractivity contribution in [2.24, 2.45) is 0 Å². The third-order valence-corrected chi connectivity index (χ3v) is 3.01. The molecule has 0 fully saturated rings. The van der Waals surface area contributed by atoms with Crippen molar-refractivity contribution in [2.75, 3.05) is 20.3 Å². The van der Waals surface area contributed by atoms with Gasteiger partial charge in [-0.1, -0.05) is 22.9 Å². The molecule has 0 radical (unpaired) electrons. The lowest BCUT2D eigenvalue weighted by Gasteiger charge is -2.02. The van der Waals surface area contributed by atoms with Gasteiger partial charge in [0, 0.05) is 31.8 Å². The minimum Gasteiger partial charge on any atom is -0.383 e. The van der Waals surface area contributed by atoms with Gasteiger partial charge in [0.1, 0.15) is 0 Å². The van der Waals surface area contributed by atoms with Crippen LogP contribution in [0.1, 0.15) is 16.8 Å². The van der Waals surface area contributed by atoms with Crippen LogP contribution in [0.15, 0.2) is 28.8 Å². The molecule has 0 aliphatic carbocycles. The molecule has 1 heterocycles. The highest BCUT2D eigenvalue weighted by Gasteiger charge is 2.09. The third-order valence-electron chi connectivity index (χ3n) is 3.01. The van der Waals surface area contributed by atoms with Gasteiger partial charge in [-0.05, 0) is 25.5 Å². The fourth-order valence-corrected chi connectivity index (χ4v) is 1.91. The summed E-state index contributed by atoms with van der Waals surface area (Å²) in [4.78, 5) is 0. The molecule has 19 heavy (non-hydrogen) atoms. The molecule has 4 nitrogen and oxygen atoms in total. The molecule has 0 saturated carbocycles. The zero-order chi connectivity index (χ0) is 13.7. The van der Waals surface area contributed by atoms with Gasteiger partial charge in [-0.15, -0.1) is 0 Å². The Bertz CT molecular complexity index is 535. The second-order valence-electron chi connectivity index (χ2n) is 4.67. The van der Waals surface area contributed by atoms with Crippen molar-refractivity contribution in [3.05, 3.63) is 41.1 Å². The normalized spacial score (nSPS) is 10.9. The van der Waals surface area contributed by atoms with E-state index in [1.54, 1.807) is 7.11 Å². The third kappa shape index (κ3) is 3.66. The molecule has 4 heteroatoms. The highest BCUT2D eigenvalue weighted by atomic mass is 16.5. The van der Waals surface area contributed by atoms with E-state index in [-0.39, 0.29) is 0 Å². The molecule has 0 aliphatic rings. The molecular weight excluding hydrogens is 240 g/mol. The summed E-state index contributed by atoms with van der Waals surface area (Å²) in [5.41, 5.74) is 4.43. The molecule has 1 N–H and O–H groups in total. The number of nitrogens with one attached hydrogen (secondary N) is 1. The highest BCUT2D eigenvalue weighted by Crippen LogP contribution is 2.25. The van der Waals surface area contributed by atoms with Crippen LogP contribution in [-0.2, 0) is 11.3 Å². The van der Waals surface area contributed by atoms with Gasteiger partial charge in [0.25, 0.3) is 0 Å². The average Bonchev–Trinajstić information content (AvgIpc) is 2.86. The Hall–Kier alpha value is -1.65. The Balaban J connectivity index is 2.06. The first-order chi connectivity index (χ1) is 9.20. The summed E-state index contributed by atoms with van der Waals surface area (Å²) in [5, 5.41) is 7.33. The monoisotopic (exact) mass is 260 g/mol. The summed E-state index contributed by atoms with van der Waals surface area (Å²) in [6, 6.07) is 8.31. The van der Waals surface area contributed by atoms with Crippen LogP contribution < -0.4 is 5.32 Å². The Morgan fingerprint density at radius 3 is 2.89 bits per heavy atom. The molecule has 0 bridgehead atoms. The fourth-order valence-electron chi connectivity index (χ4n) is 1.91. The quantitative estimate of drug-likeness (QED) is 0.811. The predicted molar refractivity (Wildman–Crippen MR) is 75.0 cm³/mol.